The Labute approximate surface area is 201 Å². The van der Waals surface area contributed by atoms with Crippen molar-refractivity contribution in [2.24, 2.45) is 0 Å². The highest BCUT2D eigenvalue weighted by Crippen LogP contribution is 2.13. The third kappa shape index (κ3) is 8.18. The summed E-state index contributed by atoms with van der Waals surface area (Å²) in [5, 5.41) is 5.94. The second-order valence-electron chi connectivity index (χ2n) is 8.63. The van der Waals surface area contributed by atoms with E-state index in [0.717, 1.165) is 43.1 Å². The molecule has 0 aliphatic carbocycles. The van der Waals surface area contributed by atoms with Gasteiger partial charge in [0.05, 0.1) is 12.7 Å². The number of aryl methyl sites for hydroxylation is 1. The van der Waals surface area contributed by atoms with Gasteiger partial charge in [-0.25, -0.2) is 0 Å². The summed E-state index contributed by atoms with van der Waals surface area (Å²) in [4.78, 5) is 28.0. The summed E-state index contributed by atoms with van der Waals surface area (Å²) in [6.45, 7) is 7.98. The number of hydrogen-bond acceptors (Lipinski definition) is 5. The fourth-order valence-electron chi connectivity index (χ4n) is 3.98. The van der Waals surface area contributed by atoms with Gasteiger partial charge in [-0.15, -0.1) is 0 Å². The molecule has 1 aliphatic rings. The third-order valence-corrected chi connectivity index (χ3v) is 6.35. The maximum atomic E-state index is 12.9. The molecule has 0 radical (unpaired) electrons. The van der Waals surface area contributed by atoms with Crippen molar-refractivity contribution < 1.29 is 14.3 Å². The minimum Gasteiger partial charge on any atom is -0.376 e. The Bertz CT molecular complexity index is 937. The van der Waals surface area contributed by atoms with Crippen LogP contribution in [0.25, 0.3) is 0 Å². The normalized spacial score (nSPS) is 17.4. The van der Waals surface area contributed by atoms with E-state index < -0.39 is 6.04 Å². The summed E-state index contributed by atoms with van der Waals surface area (Å²) in [5.41, 5.74) is 3.86. The fourth-order valence-corrected chi connectivity index (χ4v) is 4.45. The quantitative estimate of drug-likeness (QED) is 0.558. The average Bonchev–Trinajstić information content (AvgIpc) is 2.80. The molecule has 2 aromatic carbocycles. The second kappa shape index (κ2) is 12.8. The van der Waals surface area contributed by atoms with Crippen LogP contribution in [0.3, 0.4) is 0 Å². The monoisotopic (exact) mass is 469 g/mol. The standard InChI is InChI=1S/C26H35N3O3S/c1-19-6-4-9-23(14-19)25(30)28-24(10-13-33-3)26(31)27-16-21-7-5-8-22(15-21)18-29-11-12-32-20(2)17-29/h4-9,14-15,20,24H,10-13,16-18H2,1-3H3,(H,27,31)(H,28,30). The van der Waals surface area contributed by atoms with Gasteiger partial charge < -0.3 is 15.4 Å². The Morgan fingerprint density at radius 2 is 1.97 bits per heavy atom. The number of carbonyl (C=O) groups excluding carboxylic acids is 2. The van der Waals surface area contributed by atoms with Crippen LogP contribution in [-0.4, -0.2) is 60.6 Å². The van der Waals surface area contributed by atoms with Crippen LogP contribution in [0.5, 0.6) is 0 Å². The first-order valence-corrected chi connectivity index (χ1v) is 12.9. The van der Waals surface area contributed by atoms with Gasteiger partial charge in [-0.2, -0.15) is 11.8 Å². The van der Waals surface area contributed by atoms with Gasteiger partial charge in [0.2, 0.25) is 5.91 Å². The van der Waals surface area contributed by atoms with Crippen LogP contribution in [0, 0.1) is 6.92 Å². The van der Waals surface area contributed by atoms with Crippen molar-refractivity contribution in [3.63, 3.8) is 0 Å². The molecule has 2 unspecified atom stereocenters. The lowest BCUT2D eigenvalue weighted by Gasteiger charge is -2.31. The molecule has 2 aromatic rings. The van der Waals surface area contributed by atoms with E-state index in [1.54, 1.807) is 17.8 Å². The molecule has 6 nitrogen and oxygen atoms in total. The Kier molecular flexibility index (Phi) is 9.78. The van der Waals surface area contributed by atoms with E-state index >= 15 is 0 Å². The molecule has 2 N–H and O–H groups in total. The topological polar surface area (TPSA) is 70.7 Å². The van der Waals surface area contributed by atoms with Gasteiger partial charge in [-0.05, 0) is 55.5 Å². The zero-order valence-electron chi connectivity index (χ0n) is 19.8. The number of nitrogens with one attached hydrogen (secondary N) is 2. The number of hydrogen-bond donors (Lipinski definition) is 2. The minimum absolute atomic E-state index is 0.155. The van der Waals surface area contributed by atoms with Gasteiger partial charge >= 0.3 is 0 Å². The van der Waals surface area contributed by atoms with Crippen molar-refractivity contribution in [2.75, 3.05) is 31.7 Å². The zero-order valence-corrected chi connectivity index (χ0v) is 20.6. The lowest BCUT2D eigenvalue weighted by atomic mass is 10.1. The molecule has 178 valence electrons. The average molecular weight is 470 g/mol. The lowest BCUT2D eigenvalue weighted by Crippen LogP contribution is -2.46. The molecule has 2 atom stereocenters. The van der Waals surface area contributed by atoms with E-state index in [1.807, 2.05) is 43.5 Å². The molecule has 7 heteroatoms. The Hall–Kier alpha value is -2.35. The van der Waals surface area contributed by atoms with Crippen LogP contribution >= 0.6 is 11.8 Å². The number of morpholine rings is 1. The molecule has 0 saturated carbocycles. The number of carbonyl (C=O) groups is 2. The van der Waals surface area contributed by atoms with E-state index in [4.69, 9.17) is 4.74 Å². The van der Waals surface area contributed by atoms with Gasteiger partial charge in [-0.1, -0.05) is 42.0 Å². The first kappa shape index (κ1) is 25.3. The molecule has 0 aromatic heterocycles. The molecule has 1 saturated heterocycles. The number of amides is 2. The van der Waals surface area contributed by atoms with E-state index in [2.05, 4.69) is 34.6 Å². The van der Waals surface area contributed by atoms with Crippen molar-refractivity contribution in [1.82, 2.24) is 15.5 Å². The molecule has 1 aliphatic heterocycles. The first-order chi connectivity index (χ1) is 15.9. The third-order valence-electron chi connectivity index (χ3n) is 5.70. The molecular formula is C26H35N3O3S. The Morgan fingerprint density at radius 3 is 2.73 bits per heavy atom. The van der Waals surface area contributed by atoms with E-state index in [0.29, 0.717) is 18.5 Å². The van der Waals surface area contributed by atoms with Crippen molar-refractivity contribution in [2.45, 2.75) is 45.5 Å². The van der Waals surface area contributed by atoms with Gasteiger partial charge in [0, 0.05) is 31.7 Å². The summed E-state index contributed by atoms with van der Waals surface area (Å²) in [5.74, 6) is 0.416. The SMILES string of the molecule is CSCCC(NC(=O)c1cccc(C)c1)C(=O)NCc1cccc(CN2CCOC(C)C2)c1. The second-order valence-corrected chi connectivity index (χ2v) is 9.62. The van der Waals surface area contributed by atoms with Gasteiger partial charge in [0.15, 0.2) is 0 Å². The highest BCUT2D eigenvalue weighted by Gasteiger charge is 2.21. The maximum Gasteiger partial charge on any atom is 0.251 e. The number of thioether (sulfide) groups is 1. The van der Waals surface area contributed by atoms with Gasteiger partial charge in [0.1, 0.15) is 6.04 Å². The van der Waals surface area contributed by atoms with E-state index in [9.17, 15) is 9.59 Å². The summed E-state index contributed by atoms with van der Waals surface area (Å²) < 4.78 is 5.63. The summed E-state index contributed by atoms with van der Waals surface area (Å²) in [6.07, 6.45) is 2.84. The molecular weight excluding hydrogens is 434 g/mol. The molecule has 1 heterocycles. The van der Waals surface area contributed by atoms with Crippen LogP contribution in [-0.2, 0) is 22.6 Å². The highest BCUT2D eigenvalue weighted by atomic mass is 32.2. The smallest absolute Gasteiger partial charge is 0.251 e. The maximum absolute atomic E-state index is 12.9. The predicted octanol–water partition coefficient (Wildman–Crippen LogP) is 3.38. The number of benzene rings is 2. The number of nitrogens with zero attached hydrogens (tertiary/aromatic N) is 1. The molecule has 3 rings (SSSR count). The molecule has 2 amide bonds. The van der Waals surface area contributed by atoms with Crippen molar-refractivity contribution in [1.29, 1.82) is 0 Å². The van der Waals surface area contributed by atoms with E-state index in [-0.39, 0.29) is 17.9 Å². The van der Waals surface area contributed by atoms with Crippen LogP contribution in [0.15, 0.2) is 48.5 Å². The molecule has 0 bridgehead atoms. The van der Waals surface area contributed by atoms with Gasteiger partial charge in [0.25, 0.3) is 5.91 Å². The van der Waals surface area contributed by atoms with Gasteiger partial charge in [-0.3, -0.25) is 14.5 Å². The molecule has 33 heavy (non-hydrogen) atoms. The van der Waals surface area contributed by atoms with Crippen molar-refractivity contribution in [3.8, 4) is 0 Å². The van der Waals surface area contributed by atoms with Crippen molar-refractivity contribution >= 4 is 23.6 Å². The number of rotatable bonds is 10. The lowest BCUT2D eigenvalue weighted by molar-refractivity contribution is -0.123. The minimum atomic E-state index is -0.566. The Balaban J connectivity index is 1.57. The van der Waals surface area contributed by atoms with Crippen LogP contribution in [0.2, 0.25) is 0 Å². The zero-order chi connectivity index (χ0) is 23.6. The summed E-state index contributed by atoms with van der Waals surface area (Å²) >= 11 is 1.66. The Morgan fingerprint density at radius 1 is 1.18 bits per heavy atom. The van der Waals surface area contributed by atoms with E-state index in [1.165, 1.54) is 5.56 Å². The van der Waals surface area contributed by atoms with Crippen molar-refractivity contribution in [3.05, 3.63) is 70.8 Å². The largest absolute Gasteiger partial charge is 0.376 e. The fraction of sp³-hybridized carbons (Fsp3) is 0.462. The molecule has 0 spiro atoms. The summed E-state index contributed by atoms with van der Waals surface area (Å²) in [7, 11) is 0. The van der Waals surface area contributed by atoms with Crippen LogP contribution in [0.4, 0.5) is 0 Å². The highest BCUT2D eigenvalue weighted by molar-refractivity contribution is 7.98. The van der Waals surface area contributed by atoms with Crippen LogP contribution < -0.4 is 10.6 Å². The van der Waals surface area contributed by atoms with Crippen LogP contribution in [0.1, 0.15) is 40.4 Å². The summed E-state index contributed by atoms with van der Waals surface area (Å²) in [6, 6.07) is 15.2. The molecule has 1 fully saturated rings. The predicted molar refractivity (Wildman–Crippen MR) is 134 cm³/mol. The number of ether oxygens (including phenoxy) is 1. The first-order valence-electron chi connectivity index (χ1n) is 11.5.